The van der Waals surface area contributed by atoms with Gasteiger partial charge in [-0.25, -0.2) is 9.59 Å². The van der Waals surface area contributed by atoms with Crippen molar-refractivity contribution in [3.63, 3.8) is 0 Å². The van der Waals surface area contributed by atoms with Crippen molar-refractivity contribution in [2.75, 3.05) is 12.3 Å². The van der Waals surface area contributed by atoms with E-state index in [0.29, 0.717) is 12.2 Å². The first-order valence-corrected chi connectivity index (χ1v) is 11.0. The van der Waals surface area contributed by atoms with Crippen LogP contribution in [-0.2, 0) is 24.9 Å². The zero-order chi connectivity index (χ0) is 26.1. The van der Waals surface area contributed by atoms with Gasteiger partial charge in [0.15, 0.2) is 6.61 Å². The lowest BCUT2D eigenvalue weighted by Gasteiger charge is -2.14. The number of Topliss-reactive ketones (excluding diaryl/α,β-unsaturated/α-hetero) is 1. The summed E-state index contributed by atoms with van der Waals surface area (Å²) in [6.45, 7) is 1.10. The molecule has 0 atom stereocenters. The van der Waals surface area contributed by atoms with Crippen LogP contribution in [0, 0.1) is 0 Å². The van der Waals surface area contributed by atoms with Gasteiger partial charge in [-0.1, -0.05) is 6.92 Å². The Labute approximate surface area is 203 Å². The molecule has 3 heterocycles. The van der Waals surface area contributed by atoms with Crippen LogP contribution in [0.5, 0.6) is 0 Å². The summed E-state index contributed by atoms with van der Waals surface area (Å²) in [6.07, 6.45) is 1.95. The highest BCUT2D eigenvalue weighted by molar-refractivity contribution is 6.21. The monoisotopic (exact) mass is 494 g/mol. The Morgan fingerprint density at radius 1 is 1.06 bits per heavy atom. The van der Waals surface area contributed by atoms with E-state index in [1.54, 1.807) is 19.1 Å². The minimum absolute atomic E-state index is 0.0112. The Kier molecular flexibility index (Phi) is 6.43. The highest BCUT2D eigenvalue weighted by atomic mass is 16.5. The number of ether oxygens (including phenoxy) is 1. The predicted molar refractivity (Wildman–Crippen MR) is 125 cm³/mol. The van der Waals surface area contributed by atoms with Crippen molar-refractivity contribution in [2.24, 2.45) is 7.05 Å². The highest BCUT2D eigenvalue weighted by Gasteiger charge is 2.36. The van der Waals surface area contributed by atoms with Gasteiger partial charge in [0, 0.05) is 13.6 Å². The quantitative estimate of drug-likeness (QED) is 0.273. The Bertz CT molecular complexity index is 1510. The van der Waals surface area contributed by atoms with E-state index < -0.39 is 47.0 Å². The van der Waals surface area contributed by atoms with Crippen LogP contribution < -0.4 is 17.0 Å². The second kappa shape index (κ2) is 9.49. The molecule has 0 fully saturated rings. The summed E-state index contributed by atoms with van der Waals surface area (Å²) in [5, 5.41) is 0. The molecule has 0 aliphatic carbocycles. The Morgan fingerprint density at radius 2 is 1.78 bits per heavy atom. The maximum atomic E-state index is 12.8. The molecule has 0 radical (unpaired) electrons. The molecule has 36 heavy (non-hydrogen) atoms. The van der Waals surface area contributed by atoms with Gasteiger partial charge >= 0.3 is 11.7 Å². The second-order valence-corrected chi connectivity index (χ2v) is 8.09. The number of nitrogens with two attached hydrogens (primary N) is 1. The first kappa shape index (κ1) is 24.4. The van der Waals surface area contributed by atoms with Crippen LogP contribution >= 0.6 is 0 Å². The topological polar surface area (TPSA) is 164 Å². The van der Waals surface area contributed by atoms with Crippen LogP contribution in [0.3, 0.4) is 0 Å². The number of furan rings is 1. The van der Waals surface area contributed by atoms with Gasteiger partial charge in [0.25, 0.3) is 17.4 Å². The second-order valence-electron chi connectivity index (χ2n) is 8.09. The van der Waals surface area contributed by atoms with Crippen LogP contribution in [0.2, 0.25) is 0 Å². The van der Waals surface area contributed by atoms with Crippen molar-refractivity contribution < 1.29 is 28.3 Å². The summed E-state index contributed by atoms with van der Waals surface area (Å²) in [4.78, 5) is 76.4. The number of amides is 2. The third-order valence-electron chi connectivity index (χ3n) is 5.74. The molecule has 3 aromatic rings. The number of esters is 1. The van der Waals surface area contributed by atoms with Crippen LogP contribution in [0.4, 0.5) is 5.82 Å². The number of benzene rings is 1. The number of hydrogen-bond donors (Lipinski definition) is 1. The first-order valence-electron chi connectivity index (χ1n) is 11.0. The van der Waals surface area contributed by atoms with Crippen LogP contribution in [0.25, 0.3) is 0 Å². The summed E-state index contributed by atoms with van der Waals surface area (Å²) in [6, 6.07) is 7.08. The van der Waals surface area contributed by atoms with Crippen molar-refractivity contribution in [2.45, 2.75) is 26.4 Å². The summed E-state index contributed by atoms with van der Waals surface area (Å²) < 4.78 is 12.1. The van der Waals surface area contributed by atoms with Crippen molar-refractivity contribution in [1.82, 2.24) is 14.0 Å². The lowest BCUT2D eigenvalue weighted by atomic mass is 10.1. The predicted octanol–water partition coefficient (Wildman–Crippen LogP) is 0.968. The zero-order valence-electron chi connectivity index (χ0n) is 19.5. The standard InChI is InChI=1S/C24H22N4O8/c1-3-8-27-19(25)18(22(32)26(2)24(27)34)17(29)12-36-23(33)13-6-7-15-16(10-13)21(31)28(20(15)30)11-14-5-4-9-35-14/h4-7,9-10H,3,8,11-12,25H2,1-2H3. The fourth-order valence-corrected chi connectivity index (χ4v) is 3.89. The molecule has 1 aliphatic rings. The number of fused-ring (bicyclic) bond motifs is 1. The number of carbonyl (C=O) groups is 4. The summed E-state index contributed by atoms with van der Waals surface area (Å²) in [5.41, 5.74) is 3.96. The normalized spacial score (nSPS) is 12.7. The summed E-state index contributed by atoms with van der Waals surface area (Å²) >= 11 is 0. The Morgan fingerprint density at radius 3 is 2.44 bits per heavy atom. The maximum absolute atomic E-state index is 12.8. The molecule has 12 nitrogen and oxygen atoms in total. The van der Waals surface area contributed by atoms with E-state index in [9.17, 15) is 28.8 Å². The molecule has 186 valence electrons. The smallest absolute Gasteiger partial charge is 0.338 e. The molecule has 2 N–H and O–H groups in total. The van der Waals surface area contributed by atoms with Crippen molar-refractivity contribution >= 4 is 29.4 Å². The van der Waals surface area contributed by atoms with Gasteiger partial charge in [-0.2, -0.15) is 0 Å². The average Bonchev–Trinajstić information content (AvgIpc) is 3.46. The zero-order valence-corrected chi connectivity index (χ0v) is 19.5. The van der Waals surface area contributed by atoms with Gasteiger partial charge in [0.2, 0.25) is 5.78 Å². The van der Waals surface area contributed by atoms with Gasteiger partial charge in [-0.3, -0.25) is 33.2 Å². The molecule has 0 bridgehead atoms. The van der Waals surface area contributed by atoms with Crippen LogP contribution in [-0.4, -0.2) is 44.2 Å². The third kappa shape index (κ3) is 4.13. The number of nitrogen functional groups attached to an aromatic ring is 1. The Hall–Kier alpha value is -4.74. The molecule has 2 aromatic heterocycles. The lowest BCUT2D eigenvalue weighted by molar-refractivity contribution is 0.0474. The molecule has 4 rings (SSSR count). The minimum Gasteiger partial charge on any atom is -0.467 e. The first-order chi connectivity index (χ1) is 17.1. The van der Waals surface area contributed by atoms with E-state index in [0.717, 1.165) is 14.0 Å². The molecular weight excluding hydrogens is 472 g/mol. The molecule has 1 aromatic carbocycles. The molecule has 0 unspecified atom stereocenters. The molecule has 0 saturated carbocycles. The van der Waals surface area contributed by atoms with Gasteiger partial charge in [-0.05, 0) is 36.8 Å². The van der Waals surface area contributed by atoms with Crippen LogP contribution in [0.15, 0.2) is 50.6 Å². The van der Waals surface area contributed by atoms with E-state index >= 15 is 0 Å². The van der Waals surface area contributed by atoms with E-state index in [1.807, 2.05) is 0 Å². The number of ketones is 1. The van der Waals surface area contributed by atoms with Gasteiger partial charge in [-0.15, -0.1) is 0 Å². The largest absolute Gasteiger partial charge is 0.467 e. The van der Waals surface area contributed by atoms with Gasteiger partial charge in [0.1, 0.15) is 17.1 Å². The van der Waals surface area contributed by atoms with E-state index in [-0.39, 0.29) is 35.6 Å². The highest BCUT2D eigenvalue weighted by Crippen LogP contribution is 2.26. The number of rotatable bonds is 8. The third-order valence-corrected chi connectivity index (χ3v) is 5.74. The van der Waals surface area contributed by atoms with Gasteiger partial charge < -0.3 is 14.9 Å². The Balaban J connectivity index is 1.52. The fourth-order valence-electron chi connectivity index (χ4n) is 3.89. The van der Waals surface area contributed by atoms with E-state index in [1.165, 1.54) is 31.5 Å². The molecule has 0 saturated heterocycles. The number of carbonyl (C=O) groups excluding carboxylic acids is 4. The number of aromatic nitrogens is 2. The number of anilines is 1. The van der Waals surface area contributed by atoms with Crippen molar-refractivity contribution in [1.29, 1.82) is 0 Å². The fraction of sp³-hybridized carbons (Fsp3) is 0.250. The summed E-state index contributed by atoms with van der Waals surface area (Å²) in [7, 11) is 1.22. The average molecular weight is 494 g/mol. The molecule has 1 aliphatic heterocycles. The van der Waals surface area contributed by atoms with Crippen LogP contribution in [0.1, 0.15) is 60.5 Å². The van der Waals surface area contributed by atoms with E-state index in [4.69, 9.17) is 14.9 Å². The maximum Gasteiger partial charge on any atom is 0.338 e. The molecule has 12 heteroatoms. The molecular formula is C24H22N4O8. The number of hydrogen-bond acceptors (Lipinski definition) is 9. The molecule has 0 spiro atoms. The van der Waals surface area contributed by atoms with Gasteiger partial charge in [0.05, 0.1) is 29.5 Å². The molecule has 2 amide bonds. The number of imide groups is 1. The lowest BCUT2D eigenvalue weighted by Crippen LogP contribution is -2.43. The SMILES string of the molecule is CCCn1c(N)c(C(=O)COC(=O)c2ccc3c(c2)C(=O)N(Cc2ccco2)C3=O)c(=O)n(C)c1=O. The van der Waals surface area contributed by atoms with Crippen molar-refractivity contribution in [3.8, 4) is 0 Å². The summed E-state index contributed by atoms with van der Waals surface area (Å²) in [5.74, 6) is -2.86. The number of nitrogens with zero attached hydrogens (tertiary/aromatic N) is 3. The van der Waals surface area contributed by atoms with E-state index in [2.05, 4.69) is 0 Å². The van der Waals surface area contributed by atoms with Crippen molar-refractivity contribution in [3.05, 3.63) is 85.4 Å². The minimum atomic E-state index is -0.951.